The van der Waals surface area contributed by atoms with E-state index in [2.05, 4.69) is 20.5 Å². The maximum atomic E-state index is 10.8. The van der Waals surface area contributed by atoms with Crippen molar-refractivity contribution >= 4 is 39.9 Å². The molecule has 0 saturated heterocycles. The Morgan fingerprint density at radius 3 is 2.57 bits per heavy atom. The molecule has 1 N–H and O–H groups in total. The minimum Gasteiger partial charge on any atom is -0.261 e. The SMILES string of the molecule is C/C(=N\Nc1nc2ncccc2cc1-c1ccccc1Cl)c1ccc([N+](=O)[O-])cc1. The standard InChI is InChI=1S/C22H16ClN5O2/c1-14(15-8-10-17(11-9-15)28(29)30)26-27-22-19(18-6-2-3-7-20(18)23)13-16-5-4-12-24-21(16)25-22/h2-13H,1H3,(H,24,25,27)/b26-14+. The summed E-state index contributed by atoms with van der Waals surface area (Å²) >= 11 is 6.42. The number of hydrogen-bond donors (Lipinski definition) is 1. The summed E-state index contributed by atoms with van der Waals surface area (Å²) in [5.41, 5.74) is 6.65. The van der Waals surface area contributed by atoms with E-state index in [4.69, 9.17) is 11.6 Å². The summed E-state index contributed by atoms with van der Waals surface area (Å²) < 4.78 is 0. The average molecular weight is 418 g/mol. The van der Waals surface area contributed by atoms with Crippen molar-refractivity contribution < 1.29 is 4.92 Å². The van der Waals surface area contributed by atoms with E-state index in [0.717, 1.165) is 22.1 Å². The van der Waals surface area contributed by atoms with Crippen LogP contribution in [0.2, 0.25) is 5.02 Å². The fourth-order valence-electron chi connectivity index (χ4n) is 3.00. The van der Waals surface area contributed by atoms with Crippen LogP contribution in [0.5, 0.6) is 0 Å². The van der Waals surface area contributed by atoms with Crippen LogP contribution < -0.4 is 5.43 Å². The molecule has 0 amide bonds. The first-order valence-corrected chi connectivity index (χ1v) is 9.46. The van der Waals surface area contributed by atoms with Gasteiger partial charge in [-0.15, -0.1) is 0 Å². The van der Waals surface area contributed by atoms with E-state index in [9.17, 15) is 10.1 Å². The van der Waals surface area contributed by atoms with E-state index in [1.165, 1.54) is 12.1 Å². The van der Waals surface area contributed by atoms with Gasteiger partial charge in [0.05, 0.1) is 10.6 Å². The van der Waals surface area contributed by atoms with Crippen LogP contribution in [0.4, 0.5) is 11.5 Å². The van der Waals surface area contributed by atoms with Crippen LogP contribution in [0.1, 0.15) is 12.5 Å². The highest BCUT2D eigenvalue weighted by atomic mass is 35.5. The summed E-state index contributed by atoms with van der Waals surface area (Å²) in [7, 11) is 0. The monoisotopic (exact) mass is 417 g/mol. The molecule has 2 aromatic carbocycles. The van der Waals surface area contributed by atoms with Gasteiger partial charge < -0.3 is 0 Å². The molecule has 0 aliphatic heterocycles. The highest BCUT2D eigenvalue weighted by molar-refractivity contribution is 6.33. The maximum absolute atomic E-state index is 10.8. The predicted octanol–water partition coefficient (Wildman–Crippen LogP) is 5.69. The number of hydrogen-bond acceptors (Lipinski definition) is 6. The molecule has 0 radical (unpaired) electrons. The summed E-state index contributed by atoms with van der Waals surface area (Å²) in [6.07, 6.45) is 1.68. The fourth-order valence-corrected chi connectivity index (χ4v) is 3.24. The topological polar surface area (TPSA) is 93.3 Å². The summed E-state index contributed by atoms with van der Waals surface area (Å²) in [5, 5.41) is 16.7. The molecule has 30 heavy (non-hydrogen) atoms. The van der Waals surface area contributed by atoms with Gasteiger partial charge in [0.1, 0.15) is 0 Å². The molecule has 7 nitrogen and oxygen atoms in total. The highest BCUT2D eigenvalue weighted by Gasteiger charge is 2.13. The second kappa shape index (κ2) is 8.26. The lowest BCUT2D eigenvalue weighted by Gasteiger charge is -2.12. The van der Waals surface area contributed by atoms with Gasteiger partial charge in [-0.25, -0.2) is 9.97 Å². The minimum atomic E-state index is -0.434. The summed E-state index contributed by atoms with van der Waals surface area (Å²) in [6.45, 7) is 1.81. The van der Waals surface area contributed by atoms with Gasteiger partial charge in [-0.2, -0.15) is 5.10 Å². The van der Waals surface area contributed by atoms with Gasteiger partial charge in [0.2, 0.25) is 0 Å². The van der Waals surface area contributed by atoms with Crippen molar-refractivity contribution in [2.75, 3.05) is 5.43 Å². The number of pyridine rings is 2. The third kappa shape index (κ3) is 3.97. The molecule has 0 fully saturated rings. The third-order valence-electron chi connectivity index (χ3n) is 4.58. The largest absolute Gasteiger partial charge is 0.269 e. The molecule has 148 valence electrons. The molecule has 8 heteroatoms. The molecular formula is C22H16ClN5O2. The molecule has 0 spiro atoms. The van der Waals surface area contributed by atoms with E-state index < -0.39 is 4.92 Å². The molecule has 0 saturated carbocycles. The second-order valence-corrected chi connectivity index (χ2v) is 6.93. The molecule has 4 rings (SSSR count). The highest BCUT2D eigenvalue weighted by Crippen LogP contribution is 2.34. The molecular weight excluding hydrogens is 402 g/mol. The van der Waals surface area contributed by atoms with Crippen molar-refractivity contribution in [1.82, 2.24) is 9.97 Å². The number of rotatable bonds is 5. The normalized spacial score (nSPS) is 11.5. The van der Waals surface area contributed by atoms with E-state index in [-0.39, 0.29) is 5.69 Å². The van der Waals surface area contributed by atoms with E-state index >= 15 is 0 Å². The molecule has 0 bridgehead atoms. The van der Waals surface area contributed by atoms with Crippen molar-refractivity contribution in [1.29, 1.82) is 0 Å². The van der Waals surface area contributed by atoms with Crippen LogP contribution in [0.15, 0.2) is 78.0 Å². The zero-order valence-electron chi connectivity index (χ0n) is 15.9. The Kier molecular flexibility index (Phi) is 5.36. The van der Waals surface area contributed by atoms with Crippen LogP contribution in [-0.2, 0) is 0 Å². The van der Waals surface area contributed by atoms with E-state index in [0.29, 0.717) is 22.2 Å². The van der Waals surface area contributed by atoms with Gasteiger partial charge in [-0.05, 0) is 48.9 Å². The van der Waals surface area contributed by atoms with Gasteiger partial charge in [-0.1, -0.05) is 29.8 Å². The molecule has 0 aliphatic rings. The first kappa shape index (κ1) is 19.5. The van der Waals surface area contributed by atoms with Gasteiger partial charge in [0.15, 0.2) is 11.5 Å². The number of nitrogens with one attached hydrogen (secondary N) is 1. The van der Waals surface area contributed by atoms with Crippen LogP contribution >= 0.6 is 11.6 Å². The van der Waals surface area contributed by atoms with Crippen molar-refractivity contribution in [2.24, 2.45) is 5.10 Å². The van der Waals surface area contributed by atoms with Crippen molar-refractivity contribution in [3.05, 3.63) is 93.6 Å². The quantitative estimate of drug-likeness (QED) is 0.255. The van der Waals surface area contributed by atoms with E-state index in [1.807, 2.05) is 49.4 Å². The van der Waals surface area contributed by atoms with Crippen molar-refractivity contribution in [3.63, 3.8) is 0 Å². The Labute approximate surface area is 177 Å². The van der Waals surface area contributed by atoms with E-state index in [1.54, 1.807) is 18.3 Å². The number of hydrazone groups is 1. The predicted molar refractivity (Wildman–Crippen MR) is 119 cm³/mol. The zero-order valence-corrected chi connectivity index (χ0v) is 16.7. The Bertz CT molecular complexity index is 1270. The molecule has 2 aromatic heterocycles. The molecule has 2 heterocycles. The average Bonchev–Trinajstić information content (AvgIpc) is 2.77. The maximum Gasteiger partial charge on any atom is 0.269 e. The molecule has 0 unspecified atom stereocenters. The minimum absolute atomic E-state index is 0.0304. The van der Waals surface area contributed by atoms with Gasteiger partial charge in [-0.3, -0.25) is 15.5 Å². The molecule has 4 aromatic rings. The summed E-state index contributed by atoms with van der Waals surface area (Å²) in [5.74, 6) is 0.510. The summed E-state index contributed by atoms with van der Waals surface area (Å²) in [4.78, 5) is 19.3. The number of benzene rings is 2. The van der Waals surface area contributed by atoms with Crippen LogP contribution in [0, 0.1) is 10.1 Å². The number of halogens is 1. The van der Waals surface area contributed by atoms with Crippen molar-refractivity contribution in [2.45, 2.75) is 6.92 Å². The smallest absolute Gasteiger partial charge is 0.261 e. The number of non-ortho nitro benzene ring substituents is 1. The number of fused-ring (bicyclic) bond motifs is 1. The number of nitro groups is 1. The Balaban J connectivity index is 1.74. The second-order valence-electron chi connectivity index (χ2n) is 6.53. The first-order valence-electron chi connectivity index (χ1n) is 9.09. The van der Waals surface area contributed by atoms with Crippen LogP contribution in [0.3, 0.4) is 0 Å². The molecule has 0 atom stereocenters. The molecule has 0 aliphatic carbocycles. The summed E-state index contributed by atoms with van der Waals surface area (Å²) in [6, 6.07) is 19.5. The Hall–Kier alpha value is -3.84. The number of aromatic nitrogens is 2. The lowest BCUT2D eigenvalue weighted by Crippen LogP contribution is -2.03. The first-order chi connectivity index (χ1) is 14.5. The number of nitro benzene ring substituents is 1. The Morgan fingerprint density at radius 2 is 1.83 bits per heavy atom. The zero-order chi connectivity index (χ0) is 21.1. The van der Waals surface area contributed by atoms with Gasteiger partial charge in [0, 0.05) is 39.9 Å². The lowest BCUT2D eigenvalue weighted by molar-refractivity contribution is -0.384. The van der Waals surface area contributed by atoms with Gasteiger partial charge in [0.25, 0.3) is 5.69 Å². The Morgan fingerprint density at radius 1 is 1.07 bits per heavy atom. The van der Waals surface area contributed by atoms with Gasteiger partial charge >= 0.3 is 0 Å². The van der Waals surface area contributed by atoms with Crippen molar-refractivity contribution in [3.8, 4) is 11.1 Å². The lowest BCUT2D eigenvalue weighted by atomic mass is 10.1. The number of anilines is 1. The van der Waals surface area contributed by atoms with Crippen LogP contribution in [0.25, 0.3) is 22.2 Å². The fraction of sp³-hybridized carbons (Fsp3) is 0.0455. The third-order valence-corrected chi connectivity index (χ3v) is 4.91. The number of nitrogens with zero attached hydrogens (tertiary/aromatic N) is 4. The van der Waals surface area contributed by atoms with Crippen LogP contribution in [-0.4, -0.2) is 20.6 Å².